The van der Waals surface area contributed by atoms with Crippen molar-refractivity contribution in [3.63, 3.8) is 0 Å². The molecule has 4 rings (SSSR count). The Labute approximate surface area is 190 Å². The van der Waals surface area contributed by atoms with Crippen molar-refractivity contribution in [2.45, 2.75) is 13.8 Å². The average molecular weight is 449 g/mol. The molecule has 1 aliphatic heterocycles. The summed E-state index contributed by atoms with van der Waals surface area (Å²) in [6, 6.07) is 17.0. The largest absolute Gasteiger partial charge is 0.493 e. The number of carbonyl (C=O) groups is 2. The monoisotopic (exact) mass is 448 g/mol. The average Bonchev–Trinajstić information content (AvgIpc) is 2.76. The number of nitrogens with one attached hydrogen (secondary N) is 1. The predicted octanol–water partition coefficient (Wildman–Crippen LogP) is 4.85. The molecule has 32 heavy (non-hydrogen) atoms. The Kier molecular flexibility index (Phi) is 6.01. The summed E-state index contributed by atoms with van der Waals surface area (Å²) >= 11 is 5.15. The number of carbonyl (C=O) groups excluding carboxylic acids is 2. The molecule has 5 nitrogen and oxygen atoms in total. The Bertz CT molecular complexity index is 1270. The molecule has 0 bridgehead atoms. The summed E-state index contributed by atoms with van der Waals surface area (Å²) in [4.78, 5) is 26.8. The summed E-state index contributed by atoms with van der Waals surface area (Å²) in [5, 5.41) is 4.02. The molecule has 2 amide bonds. The number of halogens is 1. The lowest BCUT2D eigenvalue weighted by Gasteiger charge is -2.29. The molecule has 0 spiro atoms. The van der Waals surface area contributed by atoms with E-state index in [1.807, 2.05) is 30.3 Å². The number of benzene rings is 3. The number of thiocarbonyl (C=S) groups is 1. The van der Waals surface area contributed by atoms with Gasteiger partial charge in [-0.05, 0) is 53.4 Å². The third-order valence-electron chi connectivity index (χ3n) is 4.98. The molecule has 3 aromatic carbocycles. The van der Waals surface area contributed by atoms with Crippen LogP contribution in [0.3, 0.4) is 0 Å². The Hall–Kier alpha value is -3.58. The lowest BCUT2D eigenvalue weighted by Crippen LogP contribution is -2.54. The fourth-order valence-corrected chi connectivity index (χ4v) is 3.74. The van der Waals surface area contributed by atoms with Crippen molar-refractivity contribution >= 4 is 51.7 Å². The molecule has 0 radical (unpaired) electrons. The van der Waals surface area contributed by atoms with Gasteiger partial charge >= 0.3 is 0 Å². The molecule has 1 heterocycles. The highest BCUT2D eigenvalue weighted by Gasteiger charge is 2.35. The topological polar surface area (TPSA) is 58.6 Å². The molecule has 0 unspecified atom stereocenters. The molecular weight excluding hydrogens is 427 g/mol. The number of fused-ring (bicyclic) bond motifs is 1. The van der Waals surface area contributed by atoms with Crippen LogP contribution < -0.4 is 15.0 Å². The van der Waals surface area contributed by atoms with Crippen molar-refractivity contribution in [3.8, 4) is 5.75 Å². The summed E-state index contributed by atoms with van der Waals surface area (Å²) in [5.74, 6) is -0.835. The summed E-state index contributed by atoms with van der Waals surface area (Å²) in [6.45, 7) is 4.71. The van der Waals surface area contributed by atoms with E-state index < -0.39 is 17.6 Å². The van der Waals surface area contributed by atoms with Crippen LogP contribution in [-0.4, -0.2) is 23.5 Å². The van der Waals surface area contributed by atoms with Crippen molar-refractivity contribution in [3.05, 3.63) is 77.6 Å². The van der Waals surface area contributed by atoms with Gasteiger partial charge in [0.2, 0.25) is 0 Å². The van der Waals surface area contributed by atoms with Gasteiger partial charge in [-0.1, -0.05) is 56.3 Å². The number of para-hydroxylation sites is 1. The van der Waals surface area contributed by atoms with Gasteiger partial charge in [0, 0.05) is 5.39 Å². The van der Waals surface area contributed by atoms with Crippen LogP contribution in [0.1, 0.15) is 19.4 Å². The van der Waals surface area contributed by atoms with E-state index in [9.17, 15) is 14.0 Å². The van der Waals surface area contributed by atoms with E-state index in [1.54, 1.807) is 12.1 Å². The van der Waals surface area contributed by atoms with E-state index in [0.717, 1.165) is 21.4 Å². The van der Waals surface area contributed by atoms with Crippen LogP contribution in [-0.2, 0) is 9.59 Å². The maximum atomic E-state index is 14.4. The number of hydrogen-bond acceptors (Lipinski definition) is 4. The summed E-state index contributed by atoms with van der Waals surface area (Å²) in [5.41, 5.74) is 0.510. The normalized spacial score (nSPS) is 15.6. The van der Waals surface area contributed by atoms with Crippen LogP contribution in [0.15, 0.2) is 66.2 Å². The molecule has 1 fully saturated rings. The minimum atomic E-state index is -0.687. The Morgan fingerprint density at radius 1 is 1.03 bits per heavy atom. The molecule has 1 N–H and O–H groups in total. The van der Waals surface area contributed by atoms with Crippen molar-refractivity contribution in [1.82, 2.24) is 5.32 Å². The van der Waals surface area contributed by atoms with Crippen molar-refractivity contribution in [2.24, 2.45) is 5.92 Å². The first-order chi connectivity index (χ1) is 15.4. The first-order valence-corrected chi connectivity index (χ1v) is 10.6. The molecule has 0 aromatic heterocycles. The van der Waals surface area contributed by atoms with Gasteiger partial charge < -0.3 is 4.74 Å². The molecule has 0 atom stereocenters. The number of nitrogens with zero attached hydrogens (tertiary/aromatic N) is 1. The predicted molar refractivity (Wildman–Crippen MR) is 127 cm³/mol. The number of ether oxygens (including phenoxy) is 1. The van der Waals surface area contributed by atoms with Gasteiger partial charge in [-0.25, -0.2) is 9.29 Å². The van der Waals surface area contributed by atoms with Crippen LogP contribution in [0.4, 0.5) is 10.1 Å². The van der Waals surface area contributed by atoms with E-state index in [1.165, 1.54) is 24.3 Å². The number of hydrogen-bond donors (Lipinski definition) is 1. The first-order valence-electron chi connectivity index (χ1n) is 10.2. The van der Waals surface area contributed by atoms with E-state index in [0.29, 0.717) is 18.1 Å². The van der Waals surface area contributed by atoms with Gasteiger partial charge in [-0.3, -0.25) is 14.9 Å². The van der Waals surface area contributed by atoms with Crippen LogP contribution >= 0.6 is 12.2 Å². The number of amides is 2. The van der Waals surface area contributed by atoms with Gasteiger partial charge in [0.25, 0.3) is 11.8 Å². The molecule has 1 aliphatic rings. The fraction of sp³-hybridized carbons (Fsp3) is 0.160. The van der Waals surface area contributed by atoms with E-state index in [2.05, 4.69) is 19.2 Å². The quantitative estimate of drug-likeness (QED) is 0.345. The highest BCUT2D eigenvalue weighted by Crippen LogP contribution is 2.31. The Morgan fingerprint density at radius 2 is 1.72 bits per heavy atom. The standard InChI is InChI=1S/C25H21FN2O3S/c1-15(2)14-31-22-12-11-16(17-7-3-4-8-18(17)22)13-19-23(29)27-25(32)28(24(19)30)21-10-6-5-9-20(21)26/h3-13,15H,14H2,1-2H3,(H,27,29,32)/b19-13-. The molecule has 7 heteroatoms. The van der Waals surface area contributed by atoms with E-state index in [-0.39, 0.29) is 16.4 Å². The van der Waals surface area contributed by atoms with E-state index >= 15 is 0 Å². The summed E-state index contributed by atoms with van der Waals surface area (Å²) in [7, 11) is 0. The van der Waals surface area contributed by atoms with Gasteiger partial charge in [-0.2, -0.15) is 0 Å². The number of anilines is 1. The van der Waals surface area contributed by atoms with Crippen molar-refractivity contribution in [2.75, 3.05) is 11.5 Å². The van der Waals surface area contributed by atoms with Crippen LogP contribution in [0, 0.1) is 11.7 Å². The zero-order valence-corrected chi connectivity index (χ0v) is 18.4. The van der Waals surface area contributed by atoms with Crippen molar-refractivity contribution in [1.29, 1.82) is 0 Å². The Balaban J connectivity index is 1.78. The lowest BCUT2D eigenvalue weighted by atomic mass is 10.00. The molecule has 3 aromatic rings. The third-order valence-corrected chi connectivity index (χ3v) is 5.27. The summed E-state index contributed by atoms with van der Waals surface area (Å²) < 4.78 is 20.3. The molecular formula is C25H21FN2O3S. The van der Waals surface area contributed by atoms with Crippen LogP contribution in [0.25, 0.3) is 16.8 Å². The maximum Gasteiger partial charge on any atom is 0.270 e. The smallest absolute Gasteiger partial charge is 0.270 e. The maximum absolute atomic E-state index is 14.4. The minimum absolute atomic E-state index is 0.0179. The molecule has 0 saturated carbocycles. The second kappa shape index (κ2) is 8.88. The molecule has 1 saturated heterocycles. The van der Waals surface area contributed by atoms with E-state index in [4.69, 9.17) is 17.0 Å². The van der Waals surface area contributed by atoms with Gasteiger partial charge in [0.1, 0.15) is 17.1 Å². The lowest BCUT2D eigenvalue weighted by molar-refractivity contribution is -0.122. The third kappa shape index (κ3) is 4.11. The minimum Gasteiger partial charge on any atom is -0.493 e. The SMILES string of the molecule is CC(C)COc1ccc(/C=C2/C(=O)NC(=S)N(c3ccccc3F)C2=O)c2ccccc12. The zero-order chi connectivity index (χ0) is 22.8. The van der Waals surface area contributed by atoms with Gasteiger partial charge in [-0.15, -0.1) is 0 Å². The second-order valence-corrected chi connectivity index (χ2v) is 8.20. The van der Waals surface area contributed by atoms with Gasteiger partial charge in [0.05, 0.1) is 12.3 Å². The number of rotatable bonds is 5. The van der Waals surface area contributed by atoms with Gasteiger partial charge in [0.15, 0.2) is 5.11 Å². The molecule has 0 aliphatic carbocycles. The van der Waals surface area contributed by atoms with Crippen LogP contribution in [0.2, 0.25) is 0 Å². The second-order valence-electron chi connectivity index (χ2n) is 7.81. The summed E-state index contributed by atoms with van der Waals surface area (Å²) in [6.07, 6.45) is 1.50. The first kappa shape index (κ1) is 21.6. The van der Waals surface area contributed by atoms with Crippen molar-refractivity contribution < 1.29 is 18.7 Å². The zero-order valence-electron chi connectivity index (χ0n) is 17.6. The van der Waals surface area contributed by atoms with Crippen LogP contribution in [0.5, 0.6) is 5.75 Å². The highest BCUT2D eigenvalue weighted by atomic mass is 32.1. The molecule has 162 valence electrons. The fourth-order valence-electron chi connectivity index (χ4n) is 3.47. The highest BCUT2D eigenvalue weighted by molar-refractivity contribution is 7.80. The Morgan fingerprint density at radius 3 is 2.44 bits per heavy atom.